The standard InChI is InChI=1S/C25H37N3O7S/c1-16(2)21(36-17(3)29)22(31)27-25(4,5)24(33)26-19(23(32)35-15-20(30)28(6)7)14-34-13-18-11-9-8-10-12-18/h8-12,16,19,21H,13-15H2,1-7H3,(H,26,33)(H,27,31)/t19-,21+/m0/s1. The average Bonchev–Trinajstić information content (AvgIpc) is 2.79. The Morgan fingerprint density at radius 2 is 1.67 bits per heavy atom. The number of hydrogen-bond acceptors (Lipinski definition) is 8. The number of hydrogen-bond donors (Lipinski definition) is 2. The van der Waals surface area contributed by atoms with E-state index in [1.54, 1.807) is 13.8 Å². The molecule has 1 aromatic carbocycles. The third-order valence-corrected chi connectivity index (χ3v) is 6.33. The summed E-state index contributed by atoms with van der Waals surface area (Å²) in [5.41, 5.74) is -0.548. The zero-order valence-corrected chi connectivity index (χ0v) is 22.8. The maximum atomic E-state index is 13.1. The smallest absolute Gasteiger partial charge is 0.331 e. The molecule has 1 aromatic rings. The van der Waals surface area contributed by atoms with Crippen molar-refractivity contribution in [1.29, 1.82) is 0 Å². The predicted molar refractivity (Wildman–Crippen MR) is 137 cm³/mol. The van der Waals surface area contributed by atoms with E-state index in [-0.39, 0.29) is 24.2 Å². The Balaban J connectivity index is 2.92. The van der Waals surface area contributed by atoms with Crippen molar-refractivity contribution in [3.8, 4) is 0 Å². The van der Waals surface area contributed by atoms with Crippen LogP contribution >= 0.6 is 11.8 Å². The van der Waals surface area contributed by atoms with Crippen LogP contribution in [-0.4, -0.2) is 77.8 Å². The molecule has 0 aliphatic carbocycles. The number of carbonyl (C=O) groups is 5. The predicted octanol–water partition coefficient (Wildman–Crippen LogP) is 1.52. The lowest BCUT2D eigenvalue weighted by Gasteiger charge is -2.30. The van der Waals surface area contributed by atoms with Gasteiger partial charge in [-0.05, 0) is 25.3 Å². The second-order valence-corrected chi connectivity index (χ2v) is 10.6. The van der Waals surface area contributed by atoms with Gasteiger partial charge in [-0.15, -0.1) is 0 Å². The highest BCUT2D eigenvalue weighted by atomic mass is 32.2. The van der Waals surface area contributed by atoms with E-state index in [1.165, 1.54) is 39.8 Å². The molecule has 36 heavy (non-hydrogen) atoms. The van der Waals surface area contributed by atoms with Gasteiger partial charge in [0.1, 0.15) is 5.54 Å². The first kappa shape index (κ1) is 31.1. The van der Waals surface area contributed by atoms with Crippen LogP contribution in [-0.2, 0) is 40.1 Å². The van der Waals surface area contributed by atoms with Crippen molar-refractivity contribution in [3.63, 3.8) is 0 Å². The minimum absolute atomic E-state index is 0.152. The molecule has 0 heterocycles. The molecule has 10 nitrogen and oxygen atoms in total. The van der Waals surface area contributed by atoms with Gasteiger partial charge in [-0.25, -0.2) is 4.79 Å². The Hall–Kier alpha value is -2.92. The molecule has 0 spiro atoms. The summed E-state index contributed by atoms with van der Waals surface area (Å²) in [6, 6.07) is 8.04. The Labute approximate surface area is 216 Å². The fourth-order valence-electron chi connectivity index (χ4n) is 2.85. The van der Waals surface area contributed by atoms with Crippen molar-refractivity contribution in [2.75, 3.05) is 27.3 Å². The van der Waals surface area contributed by atoms with E-state index in [1.807, 2.05) is 30.3 Å². The normalized spacial score (nSPS) is 12.9. The second-order valence-electron chi connectivity index (χ2n) is 9.31. The molecule has 3 amide bonds. The van der Waals surface area contributed by atoms with E-state index < -0.39 is 47.1 Å². The highest BCUT2D eigenvalue weighted by molar-refractivity contribution is 8.14. The van der Waals surface area contributed by atoms with Gasteiger partial charge in [0, 0.05) is 21.0 Å². The van der Waals surface area contributed by atoms with E-state index in [9.17, 15) is 24.0 Å². The van der Waals surface area contributed by atoms with Crippen LogP contribution in [0.2, 0.25) is 0 Å². The minimum atomic E-state index is -1.42. The van der Waals surface area contributed by atoms with Crippen LogP contribution < -0.4 is 10.6 Å². The quantitative estimate of drug-likeness (QED) is 0.372. The summed E-state index contributed by atoms with van der Waals surface area (Å²) in [5, 5.41) is 4.32. The number of benzene rings is 1. The molecule has 0 bridgehead atoms. The number of nitrogens with zero attached hydrogens (tertiary/aromatic N) is 1. The zero-order valence-electron chi connectivity index (χ0n) is 22.0. The number of rotatable bonds is 13. The lowest BCUT2D eigenvalue weighted by Crippen LogP contribution is -2.60. The highest BCUT2D eigenvalue weighted by Crippen LogP contribution is 2.21. The highest BCUT2D eigenvalue weighted by Gasteiger charge is 2.36. The summed E-state index contributed by atoms with van der Waals surface area (Å²) < 4.78 is 10.7. The van der Waals surface area contributed by atoms with Gasteiger partial charge in [0.2, 0.25) is 11.8 Å². The molecule has 0 aromatic heterocycles. The molecule has 2 atom stereocenters. The van der Waals surface area contributed by atoms with Gasteiger partial charge in [0.15, 0.2) is 17.8 Å². The molecule has 0 unspecified atom stereocenters. The Bertz CT molecular complexity index is 919. The Morgan fingerprint density at radius 3 is 2.19 bits per heavy atom. The largest absolute Gasteiger partial charge is 0.454 e. The Kier molecular flexibility index (Phi) is 12.6. The number of ether oxygens (including phenoxy) is 2. The van der Waals surface area contributed by atoms with E-state index in [0.29, 0.717) is 0 Å². The molecule has 2 N–H and O–H groups in total. The summed E-state index contributed by atoms with van der Waals surface area (Å²) in [6.45, 7) is 7.44. The lowest BCUT2D eigenvalue weighted by molar-refractivity contribution is -0.155. The summed E-state index contributed by atoms with van der Waals surface area (Å²) in [7, 11) is 3.05. The fraction of sp³-hybridized carbons (Fsp3) is 0.560. The van der Waals surface area contributed by atoms with Crippen LogP contribution in [0.5, 0.6) is 0 Å². The number of carbonyl (C=O) groups excluding carboxylic acids is 5. The zero-order chi connectivity index (χ0) is 27.5. The van der Waals surface area contributed by atoms with Gasteiger partial charge >= 0.3 is 5.97 Å². The molecule has 0 radical (unpaired) electrons. The van der Waals surface area contributed by atoms with Gasteiger partial charge < -0.3 is 25.0 Å². The number of amides is 3. The first-order valence-corrected chi connectivity index (χ1v) is 12.4. The van der Waals surface area contributed by atoms with E-state index >= 15 is 0 Å². The van der Waals surface area contributed by atoms with Gasteiger partial charge in [0.25, 0.3) is 5.91 Å². The number of nitrogens with one attached hydrogen (secondary N) is 2. The molecule has 200 valence electrons. The fourth-order valence-corrected chi connectivity index (χ4v) is 3.64. The van der Waals surface area contributed by atoms with Crippen LogP contribution in [0.3, 0.4) is 0 Å². The molecule has 11 heteroatoms. The summed E-state index contributed by atoms with van der Waals surface area (Å²) >= 11 is 0.895. The van der Waals surface area contributed by atoms with Crippen LogP contribution in [0.15, 0.2) is 30.3 Å². The summed E-state index contributed by atoms with van der Waals surface area (Å²) in [5.74, 6) is -2.55. The van der Waals surface area contributed by atoms with Gasteiger partial charge in [-0.3, -0.25) is 19.2 Å². The maximum Gasteiger partial charge on any atom is 0.331 e. The van der Waals surface area contributed by atoms with Crippen LogP contribution in [0.4, 0.5) is 0 Å². The van der Waals surface area contributed by atoms with Crippen molar-refractivity contribution in [3.05, 3.63) is 35.9 Å². The first-order valence-electron chi connectivity index (χ1n) is 11.5. The van der Waals surface area contributed by atoms with Crippen molar-refractivity contribution >= 4 is 40.6 Å². The number of thioether (sulfide) groups is 1. The van der Waals surface area contributed by atoms with Gasteiger partial charge in [0.05, 0.1) is 18.5 Å². The molecular weight excluding hydrogens is 486 g/mol. The van der Waals surface area contributed by atoms with Crippen molar-refractivity contribution in [2.24, 2.45) is 5.92 Å². The Morgan fingerprint density at radius 1 is 1.06 bits per heavy atom. The molecule has 0 aliphatic heterocycles. The minimum Gasteiger partial charge on any atom is -0.454 e. The molecule has 0 fully saturated rings. The van der Waals surface area contributed by atoms with Crippen LogP contribution in [0, 0.1) is 5.92 Å². The molecule has 0 saturated carbocycles. The SMILES string of the molecule is CC(=O)S[C@@H](C(=O)NC(C)(C)C(=O)N[C@@H](COCc1ccccc1)C(=O)OCC(=O)N(C)C)C(C)C. The third kappa shape index (κ3) is 10.8. The average molecular weight is 524 g/mol. The first-order chi connectivity index (χ1) is 16.7. The maximum absolute atomic E-state index is 13.1. The summed E-state index contributed by atoms with van der Waals surface area (Å²) in [6.07, 6.45) is 0. The monoisotopic (exact) mass is 523 g/mol. The van der Waals surface area contributed by atoms with Gasteiger partial charge in [-0.1, -0.05) is 55.9 Å². The van der Waals surface area contributed by atoms with Crippen molar-refractivity contribution in [2.45, 2.75) is 58.1 Å². The van der Waals surface area contributed by atoms with Crippen LogP contribution in [0.25, 0.3) is 0 Å². The number of likely N-dealkylation sites (N-methyl/N-ethyl adjacent to an activating group) is 1. The van der Waals surface area contributed by atoms with Crippen LogP contribution in [0.1, 0.15) is 40.2 Å². The topological polar surface area (TPSA) is 131 Å². The lowest BCUT2D eigenvalue weighted by atomic mass is 10.0. The van der Waals surface area contributed by atoms with E-state index in [0.717, 1.165) is 17.3 Å². The third-order valence-electron chi connectivity index (χ3n) is 4.98. The molecular formula is C25H37N3O7S. The second kappa shape index (κ2) is 14.6. The van der Waals surface area contributed by atoms with E-state index in [2.05, 4.69) is 10.6 Å². The van der Waals surface area contributed by atoms with E-state index in [4.69, 9.17) is 9.47 Å². The molecule has 0 aliphatic rings. The van der Waals surface area contributed by atoms with Crippen molar-refractivity contribution < 1.29 is 33.4 Å². The number of esters is 1. The van der Waals surface area contributed by atoms with Gasteiger partial charge in [-0.2, -0.15) is 0 Å². The molecule has 1 rings (SSSR count). The summed E-state index contributed by atoms with van der Waals surface area (Å²) in [4.78, 5) is 63.2. The molecule has 0 saturated heterocycles. The van der Waals surface area contributed by atoms with Crippen molar-refractivity contribution in [1.82, 2.24) is 15.5 Å².